The number of aliphatic hydroxyl groups is 1. The van der Waals surface area contributed by atoms with Gasteiger partial charge in [-0.2, -0.15) is 0 Å². The van der Waals surface area contributed by atoms with E-state index in [-0.39, 0.29) is 12.5 Å². The maximum Gasteiger partial charge on any atom is 0.255 e. The number of anilines is 1. The van der Waals surface area contributed by atoms with E-state index in [0.29, 0.717) is 17.1 Å². The predicted octanol–water partition coefficient (Wildman–Crippen LogP) is 1.69. The minimum atomic E-state index is -0.233. The van der Waals surface area contributed by atoms with E-state index in [4.69, 9.17) is 9.84 Å². The van der Waals surface area contributed by atoms with Crippen molar-refractivity contribution >= 4 is 11.6 Å². The average molecular weight is 282 g/mol. The van der Waals surface area contributed by atoms with Gasteiger partial charge in [-0.05, 0) is 30.3 Å². The van der Waals surface area contributed by atoms with Gasteiger partial charge in [0, 0.05) is 17.2 Å². The third-order valence-electron chi connectivity index (χ3n) is 2.66. The van der Waals surface area contributed by atoms with Crippen LogP contribution in [0.15, 0.2) is 42.6 Å². The molecular formula is C16H14N2O3. The van der Waals surface area contributed by atoms with Crippen molar-refractivity contribution in [2.45, 2.75) is 0 Å². The molecule has 0 spiro atoms. The topological polar surface area (TPSA) is 71.5 Å². The molecular weight excluding hydrogens is 268 g/mol. The summed E-state index contributed by atoms with van der Waals surface area (Å²) >= 11 is 0. The number of aromatic nitrogens is 1. The molecule has 106 valence electrons. The maximum atomic E-state index is 12.0. The monoisotopic (exact) mass is 282 g/mol. The summed E-state index contributed by atoms with van der Waals surface area (Å²) in [6.07, 6.45) is 1.53. The highest BCUT2D eigenvalue weighted by atomic mass is 16.5. The highest BCUT2D eigenvalue weighted by molar-refractivity contribution is 6.04. The van der Waals surface area contributed by atoms with Gasteiger partial charge < -0.3 is 15.2 Å². The van der Waals surface area contributed by atoms with Crippen molar-refractivity contribution < 1.29 is 14.6 Å². The Labute approximate surface area is 122 Å². The lowest BCUT2D eigenvalue weighted by atomic mass is 10.1. The van der Waals surface area contributed by atoms with Crippen molar-refractivity contribution in [3.05, 3.63) is 53.7 Å². The number of benzene rings is 1. The Morgan fingerprint density at radius 1 is 1.29 bits per heavy atom. The number of methoxy groups -OCH3 is 1. The van der Waals surface area contributed by atoms with Crippen molar-refractivity contribution in [2.24, 2.45) is 0 Å². The van der Waals surface area contributed by atoms with Crippen LogP contribution in [-0.2, 0) is 0 Å². The number of hydrogen-bond acceptors (Lipinski definition) is 4. The fraction of sp³-hybridized carbons (Fsp3) is 0.125. The molecule has 5 nitrogen and oxygen atoms in total. The number of pyridine rings is 1. The SMILES string of the molecule is COc1ccc(NC(=O)c2ccc(C#CCO)cc2)cn1. The number of aliphatic hydroxyl groups excluding tert-OH is 1. The molecule has 2 rings (SSSR count). The first-order valence-electron chi connectivity index (χ1n) is 6.24. The van der Waals surface area contributed by atoms with E-state index in [1.54, 1.807) is 36.4 Å². The van der Waals surface area contributed by atoms with Crippen LogP contribution in [0.1, 0.15) is 15.9 Å². The van der Waals surface area contributed by atoms with Gasteiger partial charge in [-0.15, -0.1) is 0 Å². The van der Waals surface area contributed by atoms with Crippen LogP contribution >= 0.6 is 0 Å². The number of nitrogens with one attached hydrogen (secondary N) is 1. The molecule has 0 aliphatic carbocycles. The largest absolute Gasteiger partial charge is 0.481 e. The zero-order valence-electron chi connectivity index (χ0n) is 11.5. The minimum absolute atomic E-state index is 0.188. The molecule has 0 bridgehead atoms. The molecule has 0 aliphatic rings. The first-order chi connectivity index (χ1) is 10.2. The zero-order valence-corrected chi connectivity index (χ0v) is 11.5. The fourth-order valence-electron chi connectivity index (χ4n) is 1.62. The third-order valence-corrected chi connectivity index (χ3v) is 2.66. The first kappa shape index (κ1) is 14.6. The molecule has 5 heteroatoms. The maximum absolute atomic E-state index is 12.0. The molecule has 0 saturated carbocycles. The van der Waals surface area contributed by atoms with Gasteiger partial charge in [0.25, 0.3) is 5.91 Å². The van der Waals surface area contributed by atoms with E-state index in [1.807, 2.05) is 0 Å². The molecule has 2 aromatic rings. The van der Waals surface area contributed by atoms with Crippen molar-refractivity contribution in [3.8, 4) is 17.7 Å². The highest BCUT2D eigenvalue weighted by Gasteiger charge is 2.06. The molecule has 0 fully saturated rings. The summed E-state index contributed by atoms with van der Waals surface area (Å²) in [5.41, 5.74) is 1.84. The molecule has 0 aliphatic heterocycles. The second kappa shape index (κ2) is 7.08. The van der Waals surface area contributed by atoms with E-state index in [2.05, 4.69) is 22.1 Å². The molecule has 2 N–H and O–H groups in total. The summed E-state index contributed by atoms with van der Waals surface area (Å²) in [7, 11) is 1.53. The first-order valence-corrected chi connectivity index (χ1v) is 6.24. The van der Waals surface area contributed by atoms with Crippen molar-refractivity contribution in [2.75, 3.05) is 19.0 Å². The summed E-state index contributed by atoms with van der Waals surface area (Å²) in [5, 5.41) is 11.4. The fourth-order valence-corrected chi connectivity index (χ4v) is 1.62. The zero-order chi connectivity index (χ0) is 15.1. The normalized spacial score (nSPS) is 9.43. The van der Waals surface area contributed by atoms with Gasteiger partial charge in [-0.25, -0.2) is 4.98 Å². The van der Waals surface area contributed by atoms with Gasteiger partial charge in [0.1, 0.15) is 6.61 Å². The van der Waals surface area contributed by atoms with Gasteiger partial charge in [-0.3, -0.25) is 4.79 Å². The molecule has 0 radical (unpaired) electrons. The molecule has 1 amide bonds. The Morgan fingerprint density at radius 3 is 2.62 bits per heavy atom. The molecule has 1 aromatic carbocycles. The summed E-state index contributed by atoms with van der Waals surface area (Å²) in [6.45, 7) is -0.188. The van der Waals surface area contributed by atoms with E-state index in [0.717, 1.165) is 5.56 Å². The smallest absolute Gasteiger partial charge is 0.255 e. The Balaban J connectivity index is 2.05. The molecule has 1 heterocycles. The number of ether oxygens (including phenoxy) is 1. The quantitative estimate of drug-likeness (QED) is 0.840. The van der Waals surface area contributed by atoms with E-state index >= 15 is 0 Å². The number of nitrogens with zero attached hydrogens (tertiary/aromatic N) is 1. The third kappa shape index (κ3) is 4.06. The molecule has 0 unspecified atom stereocenters. The van der Waals surface area contributed by atoms with Gasteiger partial charge in [0.2, 0.25) is 5.88 Å². The molecule has 0 saturated heterocycles. The van der Waals surface area contributed by atoms with Crippen LogP contribution in [0, 0.1) is 11.8 Å². The lowest BCUT2D eigenvalue weighted by molar-refractivity contribution is 0.102. The summed E-state index contributed by atoms with van der Waals surface area (Å²) < 4.78 is 4.95. The van der Waals surface area contributed by atoms with Crippen molar-refractivity contribution in [1.82, 2.24) is 4.98 Å². The Morgan fingerprint density at radius 2 is 2.05 bits per heavy atom. The Kier molecular flexibility index (Phi) is 4.91. The second-order valence-electron chi connectivity index (χ2n) is 4.08. The number of hydrogen-bond donors (Lipinski definition) is 2. The number of amides is 1. The van der Waals surface area contributed by atoms with Crippen LogP contribution in [0.2, 0.25) is 0 Å². The average Bonchev–Trinajstić information content (AvgIpc) is 2.54. The second-order valence-corrected chi connectivity index (χ2v) is 4.08. The summed E-state index contributed by atoms with van der Waals surface area (Å²) in [6, 6.07) is 10.2. The highest BCUT2D eigenvalue weighted by Crippen LogP contribution is 2.12. The van der Waals surface area contributed by atoms with E-state index < -0.39 is 0 Å². The van der Waals surface area contributed by atoms with Crippen LogP contribution < -0.4 is 10.1 Å². The number of rotatable bonds is 3. The van der Waals surface area contributed by atoms with Crippen molar-refractivity contribution in [1.29, 1.82) is 0 Å². The standard InChI is InChI=1S/C16H14N2O3/c1-21-15-9-8-14(11-17-15)18-16(20)13-6-4-12(5-7-13)3-2-10-19/h4-9,11,19H,10H2,1H3,(H,18,20). The summed E-state index contributed by atoms with van der Waals surface area (Å²) in [5.74, 6) is 5.57. The van der Waals surface area contributed by atoms with Crippen LogP contribution in [-0.4, -0.2) is 29.7 Å². The predicted molar refractivity (Wildman–Crippen MR) is 79.1 cm³/mol. The van der Waals surface area contributed by atoms with Gasteiger partial charge in [0.15, 0.2) is 0 Å². The molecule has 1 aromatic heterocycles. The van der Waals surface area contributed by atoms with Crippen LogP contribution in [0.3, 0.4) is 0 Å². The number of carbonyl (C=O) groups is 1. The molecule has 0 atom stereocenters. The van der Waals surface area contributed by atoms with Crippen LogP contribution in [0.4, 0.5) is 5.69 Å². The van der Waals surface area contributed by atoms with Gasteiger partial charge in [0.05, 0.1) is 19.0 Å². The van der Waals surface area contributed by atoms with Crippen molar-refractivity contribution in [3.63, 3.8) is 0 Å². The van der Waals surface area contributed by atoms with Gasteiger partial charge in [-0.1, -0.05) is 11.8 Å². The van der Waals surface area contributed by atoms with Crippen LogP contribution in [0.5, 0.6) is 5.88 Å². The Hall–Kier alpha value is -2.84. The van der Waals surface area contributed by atoms with Crippen LogP contribution in [0.25, 0.3) is 0 Å². The Bertz CT molecular complexity index is 667. The van der Waals surface area contributed by atoms with E-state index in [1.165, 1.54) is 13.3 Å². The summed E-state index contributed by atoms with van der Waals surface area (Å²) in [4.78, 5) is 16.1. The lowest BCUT2D eigenvalue weighted by Gasteiger charge is -2.05. The minimum Gasteiger partial charge on any atom is -0.481 e. The van der Waals surface area contributed by atoms with E-state index in [9.17, 15) is 4.79 Å². The van der Waals surface area contributed by atoms with Gasteiger partial charge >= 0.3 is 0 Å². The number of carbonyl (C=O) groups excluding carboxylic acids is 1. The molecule has 21 heavy (non-hydrogen) atoms. The lowest BCUT2D eigenvalue weighted by Crippen LogP contribution is -2.11.